The van der Waals surface area contributed by atoms with Crippen LogP contribution in [0.4, 0.5) is 0 Å². The zero-order valence-electron chi connectivity index (χ0n) is 37.7. The molecule has 70 heavy (non-hydrogen) atoms. The fourth-order valence-electron chi connectivity index (χ4n) is 8.67. The van der Waals surface area contributed by atoms with Gasteiger partial charge in [-0.2, -0.15) is 0 Å². The summed E-state index contributed by atoms with van der Waals surface area (Å²) >= 11 is 2.69. The average molecular weight is 1030 g/mol. The number of fused-ring (bicyclic) bond motifs is 1. The molecule has 0 saturated heterocycles. The quantitative estimate of drug-likeness (QED) is 0.113. The van der Waals surface area contributed by atoms with Gasteiger partial charge in [0.1, 0.15) is 22.5 Å². The Morgan fingerprint density at radius 3 is 0.671 bits per heavy atom. The maximum Gasteiger partial charge on any atom is 0.184 e. The van der Waals surface area contributed by atoms with Crippen LogP contribution in [0.1, 0.15) is 0 Å². The van der Waals surface area contributed by atoms with Crippen molar-refractivity contribution in [3.8, 4) is 11.5 Å². The topological polar surface area (TPSA) is 86.7 Å². The fraction of sp³-hybridized carbons (Fsp3) is 0.0345. The second kappa shape index (κ2) is 20.6. The summed E-state index contributed by atoms with van der Waals surface area (Å²) in [5, 5.41) is 5.89. The van der Waals surface area contributed by atoms with Crippen LogP contribution in [0.2, 0.25) is 0 Å². The molecule has 0 spiro atoms. The zero-order chi connectivity index (χ0) is 48.0. The molecule has 0 saturated carbocycles. The minimum Gasteiger partial charge on any atom is -0.484 e. The molecule has 0 bridgehead atoms. The molecule has 1 aliphatic heterocycles. The van der Waals surface area contributed by atoms with Gasteiger partial charge in [0.05, 0.1) is 9.24 Å². The molecule has 2 aromatic heterocycles. The molecule has 0 aliphatic carbocycles. The van der Waals surface area contributed by atoms with Gasteiger partial charge in [-0.3, -0.25) is 0 Å². The Hall–Kier alpha value is -6.32. The van der Waals surface area contributed by atoms with Crippen molar-refractivity contribution < 1.29 is 27.7 Å². The van der Waals surface area contributed by atoms with E-state index in [4.69, 9.17) is 9.47 Å². The van der Waals surface area contributed by atoms with Crippen LogP contribution in [0, 0.1) is 0 Å². The summed E-state index contributed by atoms with van der Waals surface area (Å²) in [5.74, 6) is 0.878. The molecular formula is C58H46O6P4S2. The third-order valence-electron chi connectivity index (χ3n) is 12.1. The molecular weight excluding hydrogens is 981 g/mol. The molecule has 0 unspecified atom stereocenters. The number of hydrogen-bond donors (Lipinski definition) is 0. The summed E-state index contributed by atoms with van der Waals surface area (Å²) in [7, 11) is -13.0. The van der Waals surface area contributed by atoms with Crippen molar-refractivity contribution in [1.29, 1.82) is 0 Å². The molecule has 346 valence electrons. The number of thiophene rings is 2. The molecule has 0 atom stereocenters. The number of benzene rings is 8. The highest BCUT2D eigenvalue weighted by atomic mass is 32.1. The van der Waals surface area contributed by atoms with Gasteiger partial charge in [0, 0.05) is 42.4 Å². The van der Waals surface area contributed by atoms with E-state index in [1.165, 1.54) is 22.7 Å². The zero-order valence-corrected chi connectivity index (χ0v) is 42.9. The smallest absolute Gasteiger partial charge is 0.184 e. The predicted molar refractivity (Wildman–Crippen MR) is 297 cm³/mol. The first kappa shape index (κ1) is 47.4. The van der Waals surface area contributed by atoms with E-state index in [1.54, 1.807) is 0 Å². The molecule has 0 fully saturated rings. The maximum absolute atomic E-state index is 15.3. The minimum atomic E-state index is -3.38. The third kappa shape index (κ3) is 8.69. The number of ether oxygens (including phenoxy) is 2. The summed E-state index contributed by atoms with van der Waals surface area (Å²) in [6.45, 7) is 0.668. The van der Waals surface area contributed by atoms with E-state index in [0.717, 1.165) is 30.5 Å². The Balaban J connectivity index is 0.000000163. The lowest BCUT2D eigenvalue weighted by Gasteiger charge is -2.23. The largest absolute Gasteiger partial charge is 0.484 e. The van der Waals surface area contributed by atoms with E-state index in [-0.39, 0.29) is 0 Å². The van der Waals surface area contributed by atoms with Crippen molar-refractivity contribution in [3.63, 3.8) is 0 Å². The van der Waals surface area contributed by atoms with Gasteiger partial charge >= 0.3 is 0 Å². The van der Waals surface area contributed by atoms with E-state index in [2.05, 4.69) is 0 Å². The van der Waals surface area contributed by atoms with Crippen LogP contribution in [-0.4, -0.2) is 13.2 Å². The van der Waals surface area contributed by atoms with Gasteiger partial charge in [0.15, 0.2) is 40.1 Å². The number of hydrogen-bond acceptors (Lipinski definition) is 8. The van der Waals surface area contributed by atoms with Crippen molar-refractivity contribution in [2.75, 3.05) is 13.2 Å². The van der Waals surface area contributed by atoms with Crippen LogP contribution in [0.5, 0.6) is 11.5 Å². The van der Waals surface area contributed by atoms with E-state index in [0.29, 0.717) is 55.2 Å². The second-order valence-corrected chi connectivity index (χ2v) is 30.5. The molecule has 11 rings (SSSR count). The summed E-state index contributed by atoms with van der Waals surface area (Å²) in [6, 6.07) is 80.0. The van der Waals surface area contributed by atoms with Crippen LogP contribution in [0.25, 0.3) is 0 Å². The normalized spacial score (nSPS) is 12.6. The van der Waals surface area contributed by atoms with Crippen LogP contribution < -0.4 is 70.4 Å². The van der Waals surface area contributed by atoms with E-state index >= 15 is 9.13 Å². The molecule has 12 heteroatoms. The molecule has 0 N–H and O–H groups in total. The maximum atomic E-state index is 15.3. The van der Waals surface area contributed by atoms with Crippen LogP contribution in [0.15, 0.2) is 255 Å². The average Bonchev–Trinajstić information content (AvgIpc) is 4.12. The second-order valence-electron chi connectivity index (χ2n) is 16.3. The van der Waals surface area contributed by atoms with Gasteiger partial charge < -0.3 is 27.7 Å². The molecule has 10 aromatic rings. The predicted octanol–water partition coefficient (Wildman–Crippen LogP) is 9.82. The Bertz CT molecular complexity index is 3130. The van der Waals surface area contributed by atoms with Crippen molar-refractivity contribution in [2.45, 2.75) is 0 Å². The van der Waals surface area contributed by atoms with Gasteiger partial charge in [-0.15, -0.1) is 22.7 Å². The summed E-state index contributed by atoms with van der Waals surface area (Å²) < 4.78 is 75.0. The summed E-state index contributed by atoms with van der Waals surface area (Å²) in [6.07, 6.45) is 0. The Labute approximate surface area is 416 Å². The molecule has 8 aromatic carbocycles. The van der Waals surface area contributed by atoms with Gasteiger partial charge in [0.25, 0.3) is 0 Å². The van der Waals surface area contributed by atoms with Crippen LogP contribution in [-0.2, 0) is 18.3 Å². The van der Waals surface area contributed by atoms with Crippen molar-refractivity contribution in [2.24, 2.45) is 0 Å². The molecule has 0 radical (unpaired) electrons. The molecule has 3 heterocycles. The van der Waals surface area contributed by atoms with E-state index in [1.807, 2.05) is 255 Å². The van der Waals surface area contributed by atoms with Gasteiger partial charge in [0.2, 0.25) is 0 Å². The SMILES string of the molecule is O=P(c1ccccc1)(c1ccccc1)c1ccc(P(=O)(c2ccccc2)c2ccccc2)s1.O=P(c1ccccc1)(c1ccccc1)c1sc(P(=O)(c2ccccc2)c2ccccc2)c2c1OCCO2. The first-order valence-corrected chi connectivity index (χ1v) is 31.1. The fourth-order valence-corrected chi connectivity index (χ4v) is 25.3. The van der Waals surface area contributed by atoms with E-state index < -0.39 is 28.6 Å². The Morgan fingerprint density at radius 1 is 0.257 bits per heavy atom. The minimum absolute atomic E-state index is 0.334. The monoisotopic (exact) mass is 1030 g/mol. The highest BCUT2D eigenvalue weighted by Crippen LogP contribution is 2.56. The molecule has 1 aliphatic rings. The van der Waals surface area contributed by atoms with Gasteiger partial charge in [-0.25, -0.2) is 0 Å². The van der Waals surface area contributed by atoms with Gasteiger partial charge in [-0.1, -0.05) is 243 Å². The third-order valence-corrected chi connectivity index (χ3v) is 29.0. The molecule has 6 nitrogen and oxygen atoms in total. The van der Waals surface area contributed by atoms with Crippen molar-refractivity contribution >= 4 is 112 Å². The van der Waals surface area contributed by atoms with Crippen LogP contribution >= 0.6 is 51.2 Å². The lowest BCUT2D eigenvalue weighted by molar-refractivity contribution is 0.176. The highest BCUT2D eigenvalue weighted by Gasteiger charge is 2.45. The first-order chi connectivity index (χ1) is 34.3. The van der Waals surface area contributed by atoms with Gasteiger partial charge in [-0.05, 0) is 12.1 Å². The van der Waals surface area contributed by atoms with E-state index in [9.17, 15) is 9.13 Å². The van der Waals surface area contributed by atoms with Crippen molar-refractivity contribution in [3.05, 3.63) is 255 Å². The number of rotatable bonds is 12. The van der Waals surface area contributed by atoms with Crippen molar-refractivity contribution in [1.82, 2.24) is 0 Å². The lowest BCUT2D eigenvalue weighted by Crippen LogP contribution is -2.26. The highest BCUT2D eigenvalue weighted by molar-refractivity contribution is 7.95. The first-order valence-electron chi connectivity index (χ1n) is 22.7. The standard InChI is InChI=1S/C30H24O4P2S.C28H22O2P2S/c31-35(23-13-5-1-6-14-23,24-15-7-2-8-16-24)29-27-28(34-22-21-33-27)30(37-29)36(32,25-17-9-3-10-18-25)26-19-11-4-12-20-26;29-31(23-13-5-1-6-14-23,24-15-7-2-8-16-24)27-21-22-28(33-27)32(30,25-17-9-3-10-18-25)26-19-11-4-12-20-26/h1-20H,21-22H2;1-22H. The Morgan fingerprint density at radius 2 is 0.457 bits per heavy atom. The summed E-state index contributed by atoms with van der Waals surface area (Å²) in [4.78, 5) is 0. The van der Waals surface area contributed by atoms with Crippen LogP contribution in [0.3, 0.4) is 0 Å². The lowest BCUT2D eigenvalue weighted by atomic mass is 10.4. The summed E-state index contributed by atoms with van der Waals surface area (Å²) in [5.41, 5.74) is 0. The molecule has 0 amide bonds. The Kier molecular flexibility index (Phi) is 13.9.